The Morgan fingerprint density at radius 3 is 2.72 bits per heavy atom. The summed E-state index contributed by atoms with van der Waals surface area (Å²) in [5.41, 5.74) is 0.380. The molecule has 1 heterocycles. The van der Waals surface area contributed by atoms with Crippen molar-refractivity contribution in [3.05, 3.63) is 23.8 Å². The molecule has 0 aliphatic carbocycles. The number of carbonyl (C=O) groups excluding carboxylic acids is 1. The van der Waals surface area contributed by atoms with Gasteiger partial charge in [0.2, 0.25) is 0 Å². The number of anilines is 1. The van der Waals surface area contributed by atoms with Gasteiger partial charge in [0.1, 0.15) is 11.9 Å². The summed E-state index contributed by atoms with van der Waals surface area (Å²) in [5.74, 6) is -1.02. The second kappa shape index (κ2) is 8.82. The Kier molecular flexibility index (Phi) is 6.78. The zero-order valence-corrected chi connectivity index (χ0v) is 14.8. The first-order valence-corrected chi connectivity index (χ1v) is 8.45. The quantitative estimate of drug-likeness (QED) is 0.748. The summed E-state index contributed by atoms with van der Waals surface area (Å²) in [4.78, 5) is 23.5. The summed E-state index contributed by atoms with van der Waals surface area (Å²) in [7, 11) is 0. The molecule has 0 aromatic heterocycles. The maximum Gasteiger partial charge on any atom is 0.335 e. The number of benzene rings is 1. The second-order valence-electron chi connectivity index (χ2n) is 6.28. The molecule has 7 nitrogen and oxygen atoms in total. The van der Waals surface area contributed by atoms with E-state index in [-0.39, 0.29) is 23.7 Å². The minimum absolute atomic E-state index is 0.0328. The van der Waals surface area contributed by atoms with Gasteiger partial charge < -0.3 is 24.6 Å². The van der Waals surface area contributed by atoms with Crippen molar-refractivity contribution >= 4 is 17.6 Å². The summed E-state index contributed by atoms with van der Waals surface area (Å²) in [5, 5.41) is 11.8. The highest BCUT2D eigenvalue weighted by Crippen LogP contribution is 2.27. The van der Waals surface area contributed by atoms with Crippen LogP contribution < -0.4 is 10.1 Å². The number of ether oxygens (including phenoxy) is 3. The van der Waals surface area contributed by atoms with Crippen molar-refractivity contribution in [2.24, 2.45) is 0 Å². The molecule has 1 aliphatic heterocycles. The van der Waals surface area contributed by atoms with Gasteiger partial charge in [-0.25, -0.2) is 4.79 Å². The fourth-order valence-corrected chi connectivity index (χ4v) is 2.45. The Bertz CT molecular complexity index is 610. The van der Waals surface area contributed by atoms with Gasteiger partial charge in [-0.2, -0.15) is 0 Å². The molecule has 25 heavy (non-hydrogen) atoms. The molecular formula is C18H25NO6. The predicted octanol–water partition coefficient (Wildman–Crippen LogP) is 2.69. The molecule has 2 atom stereocenters. The van der Waals surface area contributed by atoms with Crippen LogP contribution in [0.1, 0.15) is 44.0 Å². The third-order valence-corrected chi connectivity index (χ3v) is 3.77. The van der Waals surface area contributed by atoms with Crippen LogP contribution in [0.2, 0.25) is 0 Å². The average molecular weight is 351 g/mol. The van der Waals surface area contributed by atoms with Crippen molar-refractivity contribution in [1.82, 2.24) is 0 Å². The zero-order chi connectivity index (χ0) is 18.4. The molecule has 0 saturated carbocycles. The van der Waals surface area contributed by atoms with Crippen LogP contribution in [0.15, 0.2) is 18.2 Å². The molecule has 2 N–H and O–H groups in total. The standard InChI is InChI=1S/C18H25NO6/c1-11(2)25-16-7-6-13(18(21)22)9-15(16)19-17(20)12(3)24-10-14-5-4-8-23-14/h6-7,9,11-12,14H,4-5,8,10H2,1-3H3,(H,19,20)(H,21,22). The van der Waals surface area contributed by atoms with Gasteiger partial charge in [-0.05, 0) is 51.8 Å². The molecule has 1 aliphatic rings. The van der Waals surface area contributed by atoms with Crippen molar-refractivity contribution in [3.63, 3.8) is 0 Å². The summed E-state index contributed by atoms with van der Waals surface area (Å²) in [6.07, 6.45) is 1.17. The number of rotatable bonds is 8. The summed E-state index contributed by atoms with van der Waals surface area (Å²) < 4.78 is 16.7. The highest BCUT2D eigenvalue weighted by atomic mass is 16.5. The highest BCUT2D eigenvalue weighted by Gasteiger charge is 2.21. The van der Waals surface area contributed by atoms with Gasteiger partial charge in [0.15, 0.2) is 0 Å². The molecule has 1 amide bonds. The van der Waals surface area contributed by atoms with Gasteiger partial charge >= 0.3 is 5.97 Å². The number of hydrogen-bond donors (Lipinski definition) is 2. The van der Waals surface area contributed by atoms with Crippen LogP contribution in [0.3, 0.4) is 0 Å². The summed E-state index contributed by atoms with van der Waals surface area (Å²) in [6.45, 7) is 6.44. The van der Waals surface area contributed by atoms with Crippen LogP contribution in [0.25, 0.3) is 0 Å². The maximum atomic E-state index is 12.4. The van der Waals surface area contributed by atoms with Gasteiger partial charge in [0.05, 0.1) is 30.1 Å². The molecule has 0 bridgehead atoms. The molecule has 2 rings (SSSR count). The fraction of sp³-hybridized carbons (Fsp3) is 0.556. The van der Waals surface area contributed by atoms with Crippen molar-refractivity contribution in [2.45, 2.75) is 51.9 Å². The molecule has 0 spiro atoms. The molecule has 1 aromatic carbocycles. The lowest BCUT2D eigenvalue weighted by Crippen LogP contribution is -2.30. The van der Waals surface area contributed by atoms with Crippen molar-refractivity contribution in [2.75, 3.05) is 18.5 Å². The van der Waals surface area contributed by atoms with Crippen LogP contribution in [-0.4, -0.2) is 48.5 Å². The van der Waals surface area contributed by atoms with E-state index in [9.17, 15) is 9.59 Å². The number of nitrogens with one attached hydrogen (secondary N) is 1. The van der Waals surface area contributed by atoms with E-state index >= 15 is 0 Å². The first kappa shape index (κ1) is 19.2. The van der Waals surface area contributed by atoms with Gasteiger partial charge in [-0.1, -0.05) is 0 Å². The molecule has 1 fully saturated rings. The lowest BCUT2D eigenvalue weighted by Gasteiger charge is -2.19. The van der Waals surface area contributed by atoms with E-state index < -0.39 is 12.1 Å². The first-order valence-electron chi connectivity index (χ1n) is 8.45. The number of hydrogen-bond acceptors (Lipinski definition) is 5. The van der Waals surface area contributed by atoms with Gasteiger partial charge in [-0.3, -0.25) is 4.79 Å². The van der Waals surface area contributed by atoms with Gasteiger partial charge in [-0.15, -0.1) is 0 Å². The van der Waals surface area contributed by atoms with E-state index in [1.807, 2.05) is 13.8 Å². The molecule has 2 unspecified atom stereocenters. The zero-order valence-electron chi connectivity index (χ0n) is 14.8. The molecule has 1 aromatic rings. The third kappa shape index (κ3) is 5.72. The summed E-state index contributed by atoms with van der Waals surface area (Å²) >= 11 is 0. The first-order chi connectivity index (χ1) is 11.9. The highest BCUT2D eigenvalue weighted by molar-refractivity contribution is 5.97. The van der Waals surface area contributed by atoms with E-state index in [0.29, 0.717) is 18.0 Å². The van der Waals surface area contributed by atoms with E-state index in [0.717, 1.165) is 19.4 Å². The Hall–Kier alpha value is -2.12. The van der Waals surface area contributed by atoms with Crippen molar-refractivity contribution in [3.8, 4) is 5.75 Å². The van der Waals surface area contributed by atoms with Crippen molar-refractivity contribution < 1.29 is 28.9 Å². The lowest BCUT2D eigenvalue weighted by molar-refractivity contribution is -0.128. The minimum atomic E-state index is -1.07. The average Bonchev–Trinajstić information content (AvgIpc) is 3.06. The Morgan fingerprint density at radius 2 is 2.12 bits per heavy atom. The lowest BCUT2D eigenvalue weighted by atomic mass is 10.1. The van der Waals surface area contributed by atoms with E-state index in [1.54, 1.807) is 6.92 Å². The SMILES string of the molecule is CC(C)Oc1ccc(C(=O)O)cc1NC(=O)C(C)OCC1CCCO1. The Morgan fingerprint density at radius 1 is 1.36 bits per heavy atom. The Labute approximate surface area is 147 Å². The molecular weight excluding hydrogens is 326 g/mol. The van der Waals surface area contributed by atoms with E-state index in [4.69, 9.17) is 19.3 Å². The smallest absolute Gasteiger partial charge is 0.335 e. The van der Waals surface area contributed by atoms with E-state index in [1.165, 1.54) is 18.2 Å². The van der Waals surface area contributed by atoms with Crippen LogP contribution in [0, 0.1) is 0 Å². The summed E-state index contributed by atoms with van der Waals surface area (Å²) in [6, 6.07) is 4.36. The predicted molar refractivity (Wildman–Crippen MR) is 92.2 cm³/mol. The normalized spacial score (nSPS) is 18.2. The van der Waals surface area contributed by atoms with Gasteiger partial charge in [0.25, 0.3) is 5.91 Å². The number of aromatic carboxylic acids is 1. The largest absolute Gasteiger partial charge is 0.489 e. The monoisotopic (exact) mass is 351 g/mol. The van der Waals surface area contributed by atoms with Gasteiger partial charge in [0, 0.05) is 6.61 Å². The number of carboxylic acids is 1. The Balaban J connectivity index is 2.03. The van der Waals surface area contributed by atoms with E-state index in [2.05, 4.69) is 5.32 Å². The number of amides is 1. The topological polar surface area (TPSA) is 94.1 Å². The molecule has 0 radical (unpaired) electrons. The molecule has 7 heteroatoms. The molecule has 138 valence electrons. The minimum Gasteiger partial charge on any atom is -0.489 e. The van der Waals surface area contributed by atoms with Crippen LogP contribution in [0.5, 0.6) is 5.75 Å². The number of carboxylic acid groups (broad SMARTS) is 1. The van der Waals surface area contributed by atoms with Crippen LogP contribution in [-0.2, 0) is 14.3 Å². The van der Waals surface area contributed by atoms with Crippen LogP contribution in [0.4, 0.5) is 5.69 Å². The van der Waals surface area contributed by atoms with Crippen LogP contribution >= 0.6 is 0 Å². The second-order valence-corrected chi connectivity index (χ2v) is 6.28. The fourth-order valence-electron chi connectivity index (χ4n) is 2.45. The maximum absolute atomic E-state index is 12.4. The number of carbonyl (C=O) groups is 2. The molecule has 1 saturated heterocycles. The van der Waals surface area contributed by atoms with Crippen molar-refractivity contribution in [1.29, 1.82) is 0 Å². The third-order valence-electron chi connectivity index (χ3n) is 3.77.